The first-order chi connectivity index (χ1) is 9.15. The number of hydrogen-bond donors (Lipinski definition) is 2. The molecular formula is C12H16Cl2N2O3S. The predicted octanol–water partition coefficient (Wildman–Crippen LogP) is 2.11. The monoisotopic (exact) mass is 338 g/mol. The van der Waals surface area contributed by atoms with E-state index in [9.17, 15) is 13.5 Å². The molecule has 1 aliphatic rings. The molecule has 1 atom stereocenters. The molecule has 0 amide bonds. The van der Waals surface area contributed by atoms with E-state index in [4.69, 9.17) is 28.9 Å². The number of benzene rings is 1. The molecule has 0 bridgehead atoms. The number of halogens is 2. The summed E-state index contributed by atoms with van der Waals surface area (Å²) in [7, 11) is -3.80. The van der Waals surface area contributed by atoms with Crippen LogP contribution in [0.3, 0.4) is 0 Å². The van der Waals surface area contributed by atoms with E-state index in [1.54, 1.807) is 6.92 Å². The van der Waals surface area contributed by atoms with E-state index in [-0.39, 0.29) is 27.2 Å². The van der Waals surface area contributed by atoms with Crippen LogP contribution in [0.4, 0.5) is 5.69 Å². The van der Waals surface area contributed by atoms with Crippen molar-refractivity contribution >= 4 is 38.9 Å². The summed E-state index contributed by atoms with van der Waals surface area (Å²) >= 11 is 11.8. The van der Waals surface area contributed by atoms with E-state index < -0.39 is 15.6 Å². The Morgan fingerprint density at radius 3 is 2.65 bits per heavy atom. The SMILES string of the molecule is CC1(O)CCCN(S(=O)(=O)c2ccc(Cl)c(N)c2Cl)C1. The molecule has 1 saturated heterocycles. The van der Waals surface area contributed by atoms with Gasteiger partial charge in [0.25, 0.3) is 0 Å². The van der Waals surface area contributed by atoms with Gasteiger partial charge in [-0.15, -0.1) is 0 Å². The van der Waals surface area contributed by atoms with Crippen LogP contribution in [0.2, 0.25) is 10.0 Å². The molecule has 8 heteroatoms. The molecule has 5 nitrogen and oxygen atoms in total. The van der Waals surface area contributed by atoms with Gasteiger partial charge in [-0.25, -0.2) is 8.42 Å². The average Bonchev–Trinajstić information content (AvgIpc) is 2.34. The van der Waals surface area contributed by atoms with Gasteiger partial charge in [0.2, 0.25) is 10.0 Å². The number of aliphatic hydroxyl groups is 1. The van der Waals surface area contributed by atoms with Crippen LogP contribution in [0.25, 0.3) is 0 Å². The van der Waals surface area contributed by atoms with Crippen molar-refractivity contribution in [3.8, 4) is 0 Å². The average molecular weight is 339 g/mol. The summed E-state index contributed by atoms with van der Waals surface area (Å²) in [6.07, 6.45) is 1.16. The second-order valence-electron chi connectivity index (χ2n) is 5.21. The Balaban J connectivity index is 2.43. The van der Waals surface area contributed by atoms with Crippen LogP contribution in [-0.2, 0) is 10.0 Å². The molecule has 0 spiro atoms. The van der Waals surface area contributed by atoms with Crippen molar-refractivity contribution in [1.82, 2.24) is 4.31 Å². The Morgan fingerprint density at radius 1 is 1.40 bits per heavy atom. The molecular weight excluding hydrogens is 323 g/mol. The summed E-state index contributed by atoms with van der Waals surface area (Å²) in [6.45, 7) is 2.00. The fourth-order valence-electron chi connectivity index (χ4n) is 2.27. The quantitative estimate of drug-likeness (QED) is 0.809. The van der Waals surface area contributed by atoms with Crippen molar-refractivity contribution < 1.29 is 13.5 Å². The molecule has 3 N–H and O–H groups in total. The second-order valence-corrected chi connectivity index (χ2v) is 7.90. The smallest absolute Gasteiger partial charge is 0.244 e. The van der Waals surface area contributed by atoms with E-state index >= 15 is 0 Å². The van der Waals surface area contributed by atoms with Crippen molar-refractivity contribution in [2.45, 2.75) is 30.3 Å². The molecule has 1 aromatic carbocycles. The molecule has 1 heterocycles. The highest BCUT2D eigenvalue weighted by molar-refractivity contribution is 7.89. The summed E-state index contributed by atoms with van der Waals surface area (Å²) in [5, 5.41) is 10.2. The van der Waals surface area contributed by atoms with Gasteiger partial charge in [-0.05, 0) is 31.9 Å². The lowest BCUT2D eigenvalue weighted by Gasteiger charge is -2.36. The van der Waals surface area contributed by atoms with Gasteiger partial charge in [0.1, 0.15) is 4.90 Å². The molecule has 0 saturated carbocycles. The van der Waals surface area contributed by atoms with Crippen molar-refractivity contribution in [2.24, 2.45) is 0 Å². The normalized spacial score (nSPS) is 24.8. The summed E-state index contributed by atoms with van der Waals surface area (Å²) in [5.41, 5.74) is 4.67. The molecule has 2 rings (SSSR count). The van der Waals surface area contributed by atoms with Gasteiger partial charge < -0.3 is 10.8 Å². The van der Waals surface area contributed by atoms with Gasteiger partial charge in [0.15, 0.2) is 0 Å². The molecule has 0 aliphatic carbocycles. The van der Waals surface area contributed by atoms with Gasteiger partial charge in [0, 0.05) is 13.1 Å². The molecule has 1 fully saturated rings. The fraction of sp³-hybridized carbons (Fsp3) is 0.500. The van der Waals surface area contributed by atoms with Crippen LogP contribution in [0, 0.1) is 0 Å². The van der Waals surface area contributed by atoms with Gasteiger partial charge >= 0.3 is 0 Å². The zero-order valence-electron chi connectivity index (χ0n) is 10.9. The predicted molar refractivity (Wildman–Crippen MR) is 79.5 cm³/mol. The lowest BCUT2D eigenvalue weighted by atomic mass is 9.97. The zero-order valence-corrected chi connectivity index (χ0v) is 13.3. The highest BCUT2D eigenvalue weighted by Crippen LogP contribution is 2.35. The Kier molecular flexibility index (Phi) is 4.24. The van der Waals surface area contributed by atoms with Crippen molar-refractivity contribution in [2.75, 3.05) is 18.8 Å². The summed E-state index contributed by atoms with van der Waals surface area (Å²) < 4.78 is 26.4. The zero-order chi connectivity index (χ0) is 15.1. The van der Waals surface area contributed by atoms with E-state index in [1.165, 1.54) is 16.4 Å². The highest BCUT2D eigenvalue weighted by atomic mass is 35.5. The summed E-state index contributed by atoms with van der Waals surface area (Å²) in [6, 6.07) is 2.73. The molecule has 1 aromatic rings. The fourth-order valence-corrected chi connectivity index (χ4v) is 4.60. The van der Waals surface area contributed by atoms with E-state index in [0.717, 1.165) is 0 Å². The second kappa shape index (κ2) is 5.35. The third kappa shape index (κ3) is 2.89. The van der Waals surface area contributed by atoms with Crippen LogP contribution in [0.1, 0.15) is 19.8 Å². The first-order valence-electron chi connectivity index (χ1n) is 6.11. The Labute approximate surface area is 128 Å². The standard InChI is InChI=1S/C12H16Cl2N2O3S/c1-12(17)5-2-6-16(7-12)20(18,19)9-4-3-8(13)11(15)10(9)14/h3-4,17H,2,5-7,15H2,1H3. The van der Waals surface area contributed by atoms with Gasteiger partial charge in [0.05, 0.1) is 21.3 Å². The first-order valence-corrected chi connectivity index (χ1v) is 8.31. The maximum Gasteiger partial charge on any atom is 0.244 e. The lowest BCUT2D eigenvalue weighted by molar-refractivity contribution is 0.00940. The number of rotatable bonds is 2. The summed E-state index contributed by atoms with van der Waals surface area (Å²) in [4.78, 5) is -0.0845. The number of sulfonamides is 1. The minimum Gasteiger partial charge on any atom is -0.396 e. The number of nitrogen functional groups attached to an aromatic ring is 1. The van der Waals surface area contributed by atoms with Crippen LogP contribution < -0.4 is 5.73 Å². The van der Waals surface area contributed by atoms with E-state index in [0.29, 0.717) is 19.4 Å². The van der Waals surface area contributed by atoms with Gasteiger partial charge in [-0.3, -0.25) is 0 Å². The Bertz CT molecular complexity index is 632. The van der Waals surface area contributed by atoms with E-state index in [1.807, 2.05) is 0 Å². The molecule has 0 radical (unpaired) electrons. The third-order valence-electron chi connectivity index (χ3n) is 3.35. The number of anilines is 1. The Morgan fingerprint density at radius 2 is 2.05 bits per heavy atom. The number of hydrogen-bond acceptors (Lipinski definition) is 4. The lowest BCUT2D eigenvalue weighted by Crippen LogP contribution is -2.48. The van der Waals surface area contributed by atoms with Crippen LogP contribution in [0.5, 0.6) is 0 Å². The molecule has 1 aliphatic heterocycles. The molecule has 20 heavy (non-hydrogen) atoms. The number of piperidine rings is 1. The molecule has 0 aromatic heterocycles. The highest BCUT2D eigenvalue weighted by Gasteiger charge is 2.36. The first kappa shape index (κ1) is 15.9. The molecule has 112 valence electrons. The van der Waals surface area contributed by atoms with Crippen molar-refractivity contribution in [3.05, 3.63) is 22.2 Å². The maximum absolute atomic E-state index is 12.6. The van der Waals surface area contributed by atoms with Gasteiger partial charge in [-0.2, -0.15) is 4.31 Å². The third-order valence-corrected chi connectivity index (χ3v) is 6.09. The van der Waals surface area contributed by atoms with Crippen LogP contribution in [-0.4, -0.2) is 36.5 Å². The maximum atomic E-state index is 12.6. The van der Waals surface area contributed by atoms with Crippen LogP contribution >= 0.6 is 23.2 Å². The van der Waals surface area contributed by atoms with Gasteiger partial charge in [-0.1, -0.05) is 23.2 Å². The Hall–Kier alpha value is -0.530. The number of nitrogens with zero attached hydrogens (tertiary/aromatic N) is 1. The largest absolute Gasteiger partial charge is 0.396 e. The van der Waals surface area contributed by atoms with Crippen molar-refractivity contribution in [3.63, 3.8) is 0 Å². The minimum absolute atomic E-state index is 0.0359. The van der Waals surface area contributed by atoms with Crippen LogP contribution in [0.15, 0.2) is 17.0 Å². The van der Waals surface area contributed by atoms with Crippen molar-refractivity contribution in [1.29, 1.82) is 0 Å². The summed E-state index contributed by atoms with van der Waals surface area (Å²) in [5.74, 6) is 0. The number of nitrogens with two attached hydrogens (primary N) is 1. The molecule has 1 unspecified atom stereocenters. The minimum atomic E-state index is -3.80. The topological polar surface area (TPSA) is 83.6 Å². The van der Waals surface area contributed by atoms with E-state index in [2.05, 4.69) is 0 Å². The number of β-amino-alcohol motifs (C(OH)–C–C–N with tert-alkyl or cyclic N) is 1.